The fraction of sp³-hybridized carbons (Fsp3) is 0.226. The zero-order valence-corrected chi connectivity index (χ0v) is 25.0. The molecule has 0 bridgehead atoms. The Bertz CT molecular complexity index is 1820. The number of nitrogens with zero attached hydrogens (tertiary/aromatic N) is 3. The molecule has 3 amide bonds. The number of aromatic nitrogens is 1. The van der Waals surface area contributed by atoms with Crippen molar-refractivity contribution in [1.82, 2.24) is 4.57 Å². The molecule has 1 aromatic heterocycles. The second kappa shape index (κ2) is 11.3. The summed E-state index contributed by atoms with van der Waals surface area (Å²) >= 11 is 1.90. The van der Waals surface area contributed by atoms with Crippen molar-refractivity contribution >= 4 is 57.9 Å². The summed E-state index contributed by atoms with van der Waals surface area (Å²) in [5, 5.41) is 2.11. The summed E-state index contributed by atoms with van der Waals surface area (Å²) in [6.45, 7) is -0.324. The van der Waals surface area contributed by atoms with E-state index in [0.717, 1.165) is 51.9 Å². The fourth-order valence-electron chi connectivity index (χ4n) is 5.54. The van der Waals surface area contributed by atoms with Crippen LogP contribution < -0.4 is 20.0 Å². The van der Waals surface area contributed by atoms with E-state index in [1.165, 1.54) is 10.6 Å². The first kappa shape index (κ1) is 29.7. The third kappa shape index (κ3) is 5.30. The van der Waals surface area contributed by atoms with Gasteiger partial charge in [0.2, 0.25) is 17.7 Å². The Hall–Kier alpha value is -4.36. The molecule has 0 radical (unpaired) electrons. The van der Waals surface area contributed by atoms with Gasteiger partial charge in [-0.3, -0.25) is 23.7 Å². The molecular formula is C31H25F3N4O4S2. The molecule has 1 N–H and O–H groups in total. The Morgan fingerprint density at radius 2 is 1.64 bits per heavy atom. The minimum atomic E-state index is -4.67. The topological polar surface area (TPSA) is 91.7 Å². The lowest BCUT2D eigenvalue weighted by Crippen LogP contribution is -2.33. The number of benzene rings is 3. The molecule has 3 atom stereocenters. The summed E-state index contributed by atoms with van der Waals surface area (Å²) in [4.78, 5) is 57.0. The van der Waals surface area contributed by atoms with Gasteiger partial charge < -0.3 is 10.2 Å². The van der Waals surface area contributed by atoms with E-state index in [9.17, 15) is 32.3 Å². The van der Waals surface area contributed by atoms with E-state index < -0.39 is 51.4 Å². The number of anilines is 3. The molecule has 2 aliphatic rings. The smallest absolute Gasteiger partial charge is 0.378 e. The van der Waals surface area contributed by atoms with Crippen LogP contribution in [0.4, 0.5) is 30.2 Å². The molecule has 6 rings (SSSR count). The predicted octanol–water partition coefficient (Wildman–Crippen LogP) is 5.43. The summed E-state index contributed by atoms with van der Waals surface area (Å²) < 4.78 is 41.9. The maximum absolute atomic E-state index is 14.0. The van der Waals surface area contributed by atoms with Gasteiger partial charge in [0.1, 0.15) is 11.8 Å². The molecule has 8 nitrogen and oxygen atoms in total. The van der Waals surface area contributed by atoms with Crippen molar-refractivity contribution in [2.75, 3.05) is 29.2 Å². The normalized spacial score (nSPS) is 19.5. The number of imide groups is 1. The number of nitrogens with one attached hydrogen (secondary N) is 1. The first-order chi connectivity index (χ1) is 20.9. The van der Waals surface area contributed by atoms with Gasteiger partial charge in [0.05, 0.1) is 22.2 Å². The Balaban J connectivity index is 1.43. The van der Waals surface area contributed by atoms with Gasteiger partial charge in [0.15, 0.2) is 0 Å². The molecule has 3 heterocycles. The number of halogens is 3. The second-order valence-electron chi connectivity index (χ2n) is 10.6. The summed E-state index contributed by atoms with van der Waals surface area (Å²) in [6.07, 6.45) is -4.67. The average molecular weight is 639 g/mol. The molecule has 226 valence electrons. The summed E-state index contributed by atoms with van der Waals surface area (Å²) in [7, 11) is 3.75. The SMILES string of the molecule is CN(C)c1ccc([C@H]2c3sc(=O)n(CC(=O)Nc4ccccc4)c3SC3C(=O)N(c4cccc(C(F)(F)F)c4)C(=O)C32)cc1. The van der Waals surface area contributed by atoms with Crippen LogP contribution in [0.3, 0.4) is 0 Å². The Morgan fingerprint density at radius 1 is 0.932 bits per heavy atom. The molecule has 2 aliphatic heterocycles. The minimum absolute atomic E-state index is 0.172. The Kier molecular flexibility index (Phi) is 7.62. The predicted molar refractivity (Wildman–Crippen MR) is 163 cm³/mol. The number of hydrogen-bond donors (Lipinski definition) is 1. The van der Waals surface area contributed by atoms with Gasteiger partial charge in [-0.25, -0.2) is 4.90 Å². The molecule has 0 aliphatic carbocycles. The number of para-hydroxylation sites is 1. The maximum atomic E-state index is 14.0. The van der Waals surface area contributed by atoms with E-state index in [4.69, 9.17) is 0 Å². The van der Waals surface area contributed by atoms with Crippen LogP contribution in [0.2, 0.25) is 0 Å². The van der Waals surface area contributed by atoms with Gasteiger partial charge in [0, 0.05) is 36.3 Å². The van der Waals surface area contributed by atoms with Gasteiger partial charge in [-0.15, -0.1) is 0 Å². The van der Waals surface area contributed by atoms with Crippen LogP contribution >= 0.6 is 23.1 Å². The van der Waals surface area contributed by atoms with Crippen LogP contribution in [-0.4, -0.2) is 41.6 Å². The number of thioether (sulfide) groups is 1. The second-order valence-corrected chi connectivity index (χ2v) is 12.7. The highest BCUT2D eigenvalue weighted by atomic mass is 32.2. The van der Waals surface area contributed by atoms with Crippen LogP contribution in [0, 0.1) is 5.92 Å². The Labute approximate surface area is 258 Å². The van der Waals surface area contributed by atoms with Crippen molar-refractivity contribution in [2.45, 2.75) is 28.9 Å². The number of rotatable bonds is 6. The molecule has 1 fully saturated rings. The fourth-order valence-corrected chi connectivity index (χ4v) is 8.31. The van der Waals surface area contributed by atoms with Crippen LogP contribution in [0.15, 0.2) is 88.7 Å². The standard InChI is InChI=1S/C31H25F3N4O4S2/c1-36(2)20-13-11-17(12-14-20)23-24-25(28(41)38(27(24)40)21-10-6-7-18(15-21)31(32,33)34)43-29-26(23)44-30(42)37(29)16-22(39)35-19-8-4-3-5-9-19/h3-15,23-25H,16H2,1-2H3,(H,35,39)/t23-,24?,25?/m1/s1. The van der Waals surface area contributed by atoms with Crippen LogP contribution in [0.25, 0.3) is 0 Å². The zero-order chi connectivity index (χ0) is 31.3. The molecule has 4 aromatic rings. The average Bonchev–Trinajstić information content (AvgIpc) is 3.43. The molecule has 13 heteroatoms. The third-order valence-electron chi connectivity index (χ3n) is 7.61. The van der Waals surface area contributed by atoms with Crippen LogP contribution in [0.5, 0.6) is 0 Å². The van der Waals surface area contributed by atoms with Crippen LogP contribution in [-0.2, 0) is 27.1 Å². The summed E-state index contributed by atoms with van der Waals surface area (Å²) in [6, 6.07) is 20.2. The largest absolute Gasteiger partial charge is 0.416 e. The number of fused-ring (bicyclic) bond motifs is 2. The first-order valence-electron chi connectivity index (χ1n) is 13.5. The molecule has 1 saturated heterocycles. The minimum Gasteiger partial charge on any atom is -0.378 e. The Morgan fingerprint density at radius 3 is 2.30 bits per heavy atom. The number of alkyl halides is 3. The van der Waals surface area contributed by atoms with Crippen molar-refractivity contribution in [1.29, 1.82) is 0 Å². The zero-order valence-electron chi connectivity index (χ0n) is 23.4. The molecular weight excluding hydrogens is 613 g/mol. The van der Waals surface area contributed by atoms with Gasteiger partial charge in [-0.2, -0.15) is 13.2 Å². The highest BCUT2D eigenvalue weighted by molar-refractivity contribution is 8.00. The van der Waals surface area contributed by atoms with Gasteiger partial charge >= 0.3 is 11.0 Å². The van der Waals surface area contributed by atoms with Crippen molar-refractivity contribution < 1.29 is 27.6 Å². The summed E-state index contributed by atoms with van der Waals surface area (Å²) in [5.41, 5.74) is 0.954. The number of amides is 3. The maximum Gasteiger partial charge on any atom is 0.416 e. The van der Waals surface area contributed by atoms with E-state index in [1.54, 1.807) is 30.3 Å². The lowest BCUT2D eigenvalue weighted by molar-refractivity contribution is -0.137. The van der Waals surface area contributed by atoms with Crippen molar-refractivity contribution in [3.63, 3.8) is 0 Å². The van der Waals surface area contributed by atoms with Gasteiger partial charge in [-0.05, 0) is 48.0 Å². The van der Waals surface area contributed by atoms with E-state index in [1.807, 2.05) is 43.3 Å². The highest BCUT2D eigenvalue weighted by Crippen LogP contribution is 2.54. The van der Waals surface area contributed by atoms with Crippen molar-refractivity contribution in [3.05, 3.63) is 105 Å². The molecule has 0 spiro atoms. The van der Waals surface area contributed by atoms with Crippen LogP contribution in [0.1, 0.15) is 21.9 Å². The number of hydrogen-bond acceptors (Lipinski definition) is 7. The monoisotopic (exact) mass is 638 g/mol. The third-order valence-corrected chi connectivity index (χ3v) is 10.2. The number of thiazole rings is 1. The van der Waals surface area contributed by atoms with E-state index >= 15 is 0 Å². The molecule has 44 heavy (non-hydrogen) atoms. The van der Waals surface area contributed by atoms with E-state index in [2.05, 4.69) is 5.32 Å². The number of carbonyl (C=O) groups excluding carboxylic acids is 3. The first-order valence-corrected chi connectivity index (χ1v) is 15.2. The van der Waals surface area contributed by atoms with Gasteiger partial charge in [0.25, 0.3) is 0 Å². The quantitative estimate of drug-likeness (QED) is 0.284. The molecule has 0 saturated carbocycles. The highest BCUT2D eigenvalue weighted by Gasteiger charge is 2.57. The molecule has 3 aromatic carbocycles. The van der Waals surface area contributed by atoms with Gasteiger partial charge in [-0.1, -0.05) is 59.5 Å². The van der Waals surface area contributed by atoms with Crippen molar-refractivity contribution in [3.8, 4) is 0 Å². The number of carbonyl (C=O) groups is 3. The van der Waals surface area contributed by atoms with Crippen molar-refractivity contribution in [2.24, 2.45) is 5.92 Å². The summed E-state index contributed by atoms with van der Waals surface area (Å²) in [5.74, 6) is -3.50. The molecule has 2 unspecified atom stereocenters. The van der Waals surface area contributed by atoms with E-state index in [-0.39, 0.29) is 12.2 Å². The van der Waals surface area contributed by atoms with E-state index in [0.29, 0.717) is 21.2 Å². The lowest BCUT2D eigenvalue weighted by Gasteiger charge is -2.31. The lowest BCUT2D eigenvalue weighted by atomic mass is 9.83.